The van der Waals surface area contributed by atoms with E-state index >= 15 is 0 Å². The summed E-state index contributed by atoms with van der Waals surface area (Å²) in [7, 11) is 2.08. The third-order valence-electron chi connectivity index (χ3n) is 3.18. The van der Waals surface area contributed by atoms with Crippen LogP contribution in [0.25, 0.3) is 11.1 Å². The molecule has 0 radical (unpaired) electrons. The van der Waals surface area contributed by atoms with E-state index in [1.54, 1.807) is 0 Å². The molecule has 0 saturated carbocycles. The van der Waals surface area contributed by atoms with Crippen LogP contribution in [0.5, 0.6) is 0 Å². The molecule has 1 atom stereocenters. The molecule has 1 aromatic carbocycles. The van der Waals surface area contributed by atoms with E-state index in [4.69, 9.17) is 10.2 Å². The molecule has 1 unspecified atom stereocenters. The second-order valence-electron chi connectivity index (χ2n) is 4.51. The summed E-state index contributed by atoms with van der Waals surface area (Å²) in [5, 5.41) is 0. The van der Waals surface area contributed by atoms with E-state index in [2.05, 4.69) is 30.8 Å². The summed E-state index contributed by atoms with van der Waals surface area (Å²) in [6.07, 6.45) is 1.11. The van der Waals surface area contributed by atoms with Crippen LogP contribution < -0.4 is 5.73 Å². The number of oxazole rings is 1. The first-order chi connectivity index (χ1) is 8.10. The minimum absolute atomic E-state index is 0.523. The first kappa shape index (κ1) is 11.9. The van der Waals surface area contributed by atoms with Crippen molar-refractivity contribution in [2.24, 2.45) is 0 Å². The second-order valence-corrected chi connectivity index (χ2v) is 4.51. The standard InChI is InChI=1S/C13H19N3O/c1-4-9(2)16(3)8-13-15-11-6-5-10(14)7-12(11)17-13/h5-7,9H,4,8,14H2,1-3H3. The van der Waals surface area contributed by atoms with Gasteiger partial charge in [0.25, 0.3) is 0 Å². The van der Waals surface area contributed by atoms with Crippen LogP contribution >= 0.6 is 0 Å². The summed E-state index contributed by atoms with van der Waals surface area (Å²) in [6.45, 7) is 5.10. The van der Waals surface area contributed by atoms with Crippen LogP contribution in [0.3, 0.4) is 0 Å². The average molecular weight is 233 g/mol. The Kier molecular flexibility index (Phi) is 3.33. The van der Waals surface area contributed by atoms with Gasteiger partial charge in [0.2, 0.25) is 5.89 Å². The number of rotatable bonds is 4. The Bertz CT molecular complexity index is 506. The molecule has 4 heteroatoms. The van der Waals surface area contributed by atoms with Gasteiger partial charge in [-0.2, -0.15) is 0 Å². The van der Waals surface area contributed by atoms with Gasteiger partial charge in [-0.15, -0.1) is 0 Å². The third-order valence-corrected chi connectivity index (χ3v) is 3.18. The topological polar surface area (TPSA) is 55.3 Å². The fourth-order valence-corrected chi connectivity index (χ4v) is 1.74. The van der Waals surface area contributed by atoms with Crippen LogP contribution in [0.1, 0.15) is 26.2 Å². The summed E-state index contributed by atoms with van der Waals surface area (Å²) in [6, 6.07) is 6.07. The molecular formula is C13H19N3O. The van der Waals surface area contributed by atoms with Gasteiger partial charge in [0.1, 0.15) is 5.52 Å². The number of nitrogen functional groups attached to an aromatic ring is 1. The van der Waals surface area contributed by atoms with Crippen LogP contribution in [-0.2, 0) is 6.54 Å². The Morgan fingerprint density at radius 1 is 1.47 bits per heavy atom. The normalized spacial score (nSPS) is 13.4. The van der Waals surface area contributed by atoms with Gasteiger partial charge < -0.3 is 10.2 Å². The summed E-state index contributed by atoms with van der Waals surface area (Å²) >= 11 is 0. The molecule has 2 aromatic rings. The molecule has 0 saturated heterocycles. The molecule has 2 rings (SSSR count). The second kappa shape index (κ2) is 4.75. The van der Waals surface area contributed by atoms with Gasteiger partial charge in [0.15, 0.2) is 5.58 Å². The van der Waals surface area contributed by atoms with E-state index in [0.717, 1.165) is 30.0 Å². The summed E-state index contributed by atoms with van der Waals surface area (Å²) < 4.78 is 5.68. The fourth-order valence-electron chi connectivity index (χ4n) is 1.74. The largest absolute Gasteiger partial charge is 0.439 e. The zero-order valence-corrected chi connectivity index (χ0v) is 10.6. The van der Waals surface area contributed by atoms with Gasteiger partial charge in [0.05, 0.1) is 6.54 Å². The number of nitrogens with two attached hydrogens (primary N) is 1. The molecule has 0 amide bonds. The van der Waals surface area contributed by atoms with E-state index < -0.39 is 0 Å². The van der Waals surface area contributed by atoms with Gasteiger partial charge in [0, 0.05) is 17.8 Å². The van der Waals surface area contributed by atoms with Gasteiger partial charge in [-0.05, 0) is 32.5 Å². The Balaban J connectivity index is 2.19. The molecule has 2 N–H and O–H groups in total. The predicted molar refractivity (Wildman–Crippen MR) is 69.6 cm³/mol. The molecule has 0 aliphatic carbocycles. The quantitative estimate of drug-likeness (QED) is 0.825. The number of nitrogens with zero attached hydrogens (tertiary/aromatic N) is 2. The van der Waals surface area contributed by atoms with Crippen LogP contribution in [-0.4, -0.2) is 23.0 Å². The van der Waals surface area contributed by atoms with Crippen molar-refractivity contribution >= 4 is 16.8 Å². The fraction of sp³-hybridized carbons (Fsp3) is 0.462. The first-order valence-electron chi connectivity index (χ1n) is 5.95. The van der Waals surface area contributed by atoms with Gasteiger partial charge in [-0.3, -0.25) is 4.90 Å². The van der Waals surface area contributed by atoms with Crippen molar-refractivity contribution in [1.29, 1.82) is 0 Å². The Hall–Kier alpha value is -1.55. The van der Waals surface area contributed by atoms with Crippen molar-refractivity contribution in [3.8, 4) is 0 Å². The average Bonchev–Trinajstić information content (AvgIpc) is 2.69. The maximum Gasteiger partial charge on any atom is 0.209 e. The lowest BCUT2D eigenvalue weighted by Gasteiger charge is -2.21. The lowest BCUT2D eigenvalue weighted by atomic mass is 10.2. The number of anilines is 1. The minimum atomic E-state index is 0.523. The Labute approximate surface area is 101 Å². The lowest BCUT2D eigenvalue weighted by Crippen LogP contribution is -2.27. The highest BCUT2D eigenvalue weighted by Crippen LogP contribution is 2.19. The van der Waals surface area contributed by atoms with Crippen molar-refractivity contribution in [3.63, 3.8) is 0 Å². The summed E-state index contributed by atoms with van der Waals surface area (Å²) in [4.78, 5) is 6.68. The van der Waals surface area contributed by atoms with Crippen molar-refractivity contribution in [2.75, 3.05) is 12.8 Å². The van der Waals surface area contributed by atoms with E-state index in [9.17, 15) is 0 Å². The number of hydrogen-bond donors (Lipinski definition) is 1. The molecule has 17 heavy (non-hydrogen) atoms. The van der Waals surface area contributed by atoms with Crippen molar-refractivity contribution < 1.29 is 4.42 Å². The zero-order chi connectivity index (χ0) is 12.4. The van der Waals surface area contributed by atoms with Crippen LogP contribution in [0, 0.1) is 0 Å². The highest BCUT2D eigenvalue weighted by atomic mass is 16.3. The highest BCUT2D eigenvalue weighted by molar-refractivity contribution is 5.76. The van der Waals surface area contributed by atoms with E-state index in [1.807, 2.05) is 18.2 Å². The molecule has 92 valence electrons. The van der Waals surface area contributed by atoms with E-state index in [1.165, 1.54) is 0 Å². The molecule has 0 aliphatic rings. The molecule has 4 nitrogen and oxygen atoms in total. The van der Waals surface area contributed by atoms with Crippen LogP contribution in [0.2, 0.25) is 0 Å². The minimum Gasteiger partial charge on any atom is -0.439 e. The summed E-state index contributed by atoms with van der Waals surface area (Å²) in [5.41, 5.74) is 8.04. The third kappa shape index (κ3) is 2.58. The maximum atomic E-state index is 5.71. The first-order valence-corrected chi connectivity index (χ1v) is 5.95. The molecule has 1 heterocycles. The van der Waals surface area contributed by atoms with Gasteiger partial charge in [-0.1, -0.05) is 6.92 Å². The lowest BCUT2D eigenvalue weighted by molar-refractivity contribution is 0.223. The molecular weight excluding hydrogens is 214 g/mol. The highest BCUT2D eigenvalue weighted by Gasteiger charge is 2.12. The van der Waals surface area contributed by atoms with Crippen LogP contribution in [0.4, 0.5) is 5.69 Å². The zero-order valence-electron chi connectivity index (χ0n) is 10.6. The number of fused-ring (bicyclic) bond motifs is 1. The number of aromatic nitrogens is 1. The van der Waals surface area contributed by atoms with Crippen molar-refractivity contribution in [1.82, 2.24) is 9.88 Å². The number of benzene rings is 1. The van der Waals surface area contributed by atoms with E-state index in [-0.39, 0.29) is 0 Å². The van der Waals surface area contributed by atoms with Gasteiger partial charge in [-0.25, -0.2) is 4.98 Å². The van der Waals surface area contributed by atoms with Gasteiger partial charge >= 0.3 is 0 Å². The maximum absolute atomic E-state index is 5.71. The summed E-state index contributed by atoms with van der Waals surface area (Å²) in [5.74, 6) is 0.744. The van der Waals surface area contributed by atoms with E-state index in [0.29, 0.717) is 11.7 Å². The Morgan fingerprint density at radius 3 is 2.94 bits per heavy atom. The van der Waals surface area contributed by atoms with Crippen molar-refractivity contribution in [2.45, 2.75) is 32.9 Å². The van der Waals surface area contributed by atoms with Crippen molar-refractivity contribution in [3.05, 3.63) is 24.1 Å². The van der Waals surface area contributed by atoms with Crippen LogP contribution in [0.15, 0.2) is 22.6 Å². The smallest absolute Gasteiger partial charge is 0.209 e. The molecule has 0 bridgehead atoms. The predicted octanol–water partition coefficient (Wildman–Crippen LogP) is 2.64. The monoisotopic (exact) mass is 233 g/mol. The number of hydrogen-bond acceptors (Lipinski definition) is 4. The Morgan fingerprint density at radius 2 is 2.24 bits per heavy atom. The molecule has 0 spiro atoms. The molecule has 0 fully saturated rings. The SMILES string of the molecule is CCC(C)N(C)Cc1nc2ccc(N)cc2o1. The molecule has 1 aromatic heterocycles. The molecule has 0 aliphatic heterocycles.